The third-order valence-corrected chi connectivity index (χ3v) is 4.80. The molecule has 1 atom stereocenters. The van der Waals surface area contributed by atoms with Crippen LogP contribution in [-0.4, -0.2) is 34.6 Å². The standard InChI is InChI=1S/C6H10O6S2/c1-2-3-6-4-11-13(7,8)5-14(9,10)12-6/h2,6H,1,3-5H2. The zero-order valence-corrected chi connectivity index (χ0v) is 8.88. The molecule has 0 aromatic carbocycles. The second kappa shape index (κ2) is 3.97. The normalized spacial score (nSPS) is 30.4. The van der Waals surface area contributed by atoms with Gasteiger partial charge in [0.15, 0.2) is 0 Å². The highest BCUT2D eigenvalue weighted by molar-refractivity contribution is 8.03. The average Bonchev–Trinajstić information content (AvgIpc) is 2.06. The molecule has 0 saturated carbocycles. The van der Waals surface area contributed by atoms with Gasteiger partial charge in [0.25, 0.3) is 20.2 Å². The summed E-state index contributed by atoms with van der Waals surface area (Å²) in [4.78, 5) is 0. The molecule has 1 saturated heterocycles. The van der Waals surface area contributed by atoms with Crippen LogP contribution in [0.15, 0.2) is 12.7 Å². The topological polar surface area (TPSA) is 86.7 Å². The van der Waals surface area contributed by atoms with Crippen molar-refractivity contribution in [3.8, 4) is 0 Å². The van der Waals surface area contributed by atoms with E-state index >= 15 is 0 Å². The van der Waals surface area contributed by atoms with Crippen LogP contribution < -0.4 is 0 Å². The molecule has 0 bridgehead atoms. The van der Waals surface area contributed by atoms with Crippen molar-refractivity contribution in [2.45, 2.75) is 12.5 Å². The Labute approximate surface area is 82.8 Å². The molecular formula is C6H10O6S2. The second-order valence-corrected chi connectivity index (χ2v) is 6.36. The molecular weight excluding hydrogens is 232 g/mol. The fourth-order valence-corrected chi connectivity index (χ4v) is 3.76. The van der Waals surface area contributed by atoms with Gasteiger partial charge in [-0.15, -0.1) is 6.58 Å². The van der Waals surface area contributed by atoms with Gasteiger partial charge in [-0.05, 0) is 6.42 Å². The fourth-order valence-electron chi connectivity index (χ4n) is 0.946. The summed E-state index contributed by atoms with van der Waals surface area (Å²) in [6, 6.07) is 0. The Morgan fingerprint density at radius 1 is 1.29 bits per heavy atom. The molecule has 0 amide bonds. The van der Waals surface area contributed by atoms with E-state index in [-0.39, 0.29) is 13.0 Å². The van der Waals surface area contributed by atoms with E-state index in [9.17, 15) is 16.8 Å². The van der Waals surface area contributed by atoms with E-state index in [1.807, 2.05) is 0 Å². The molecule has 0 aromatic heterocycles. The van der Waals surface area contributed by atoms with E-state index in [1.54, 1.807) is 0 Å². The van der Waals surface area contributed by atoms with Crippen LogP contribution >= 0.6 is 0 Å². The van der Waals surface area contributed by atoms with Crippen LogP contribution in [0.25, 0.3) is 0 Å². The quantitative estimate of drug-likeness (QED) is 0.483. The van der Waals surface area contributed by atoms with Crippen LogP contribution in [0, 0.1) is 0 Å². The maximum Gasteiger partial charge on any atom is 0.284 e. The molecule has 1 aliphatic rings. The summed E-state index contributed by atoms with van der Waals surface area (Å²) in [5.74, 6) is 0. The Balaban J connectivity index is 2.90. The SMILES string of the molecule is C=CCC1COS(=O)(=O)CS(=O)(=O)O1. The lowest BCUT2D eigenvalue weighted by molar-refractivity contribution is 0.149. The Bertz CT molecular complexity index is 406. The molecule has 6 nitrogen and oxygen atoms in total. The second-order valence-electron chi connectivity index (χ2n) is 2.76. The van der Waals surface area contributed by atoms with Gasteiger partial charge in [-0.1, -0.05) is 6.08 Å². The molecule has 1 heterocycles. The van der Waals surface area contributed by atoms with E-state index in [1.165, 1.54) is 6.08 Å². The van der Waals surface area contributed by atoms with Gasteiger partial charge in [-0.2, -0.15) is 16.8 Å². The first-order valence-electron chi connectivity index (χ1n) is 3.73. The van der Waals surface area contributed by atoms with Gasteiger partial charge in [0, 0.05) is 0 Å². The average molecular weight is 242 g/mol. The van der Waals surface area contributed by atoms with Crippen LogP contribution in [0.2, 0.25) is 0 Å². The zero-order valence-electron chi connectivity index (χ0n) is 7.25. The van der Waals surface area contributed by atoms with Gasteiger partial charge in [0.2, 0.25) is 5.08 Å². The Hall–Kier alpha value is -0.440. The minimum atomic E-state index is -4.06. The molecule has 0 aliphatic carbocycles. The summed E-state index contributed by atoms with van der Waals surface area (Å²) < 4.78 is 53.0. The van der Waals surface area contributed by atoms with E-state index in [0.29, 0.717) is 0 Å². The minimum absolute atomic E-state index is 0.217. The van der Waals surface area contributed by atoms with Crippen molar-refractivity contribution >= 4 is 20.2 Å². The largest absolute Gasteiger partial charge is 0.284 e. The molecule has 0 N–H and O–H groups in total. The summed E-state index contributed by atoms with van der Waals surface area (Å²) in [5.41, 5.74) is 0. The first kappa shape index (κ1) is 11.6. The molecule has 1 unspecified atom stereocenters. The van der Waals surface area contributed by atoms with Crippen LogP contribution in [0.5, 0.6) is 0 Å². The predicted octanol–water partition coefficient (Wildman–Crippen LogP) is -0.405. The molecule has 14 heavy (non-hydrogen) atoms. The Morgan fingerprint density at radius 3 is 2.50 bits per heavy atom. The third-order valence-electron chi connectivity index (χ3n) is 1.43. The van der Waals surface area contributed by atoms with Gasteiger partial charge in [-0.3, -0.25) is 8.37 Å². The Kier molecular flexibility index (Phi) is 3.30. The molecule has 0 radical (unpaired) electrons. The van der Waals surface area contributed by atoms with E-state index in [0.717, 1.165) is 0 Å². The van der Waals surface area contributed by atoms with E-state index in [4.69, 9.17) is 0 Å². The molecule has 0 aromatic rings. The van der Waals surface area contributed by atoms with Gasteiger partial charge in [-0.25, -0.2) is 0 Å². The van der Waals surface area contributed by atoms with Crippen LogP contribution in [0.3, 0.4) is 0 Å². The first-order chi connectivity index (χ1) is 6.35. The van der Waals surface area contributed by atoms with E-state index in [2.05, 4.69) is 14.9 Å². The van der Waals surface area contributed by atoms with Crippen molar-refractivity contribution < 1.29 is 25.2 Å². The third kappa shape index (κ3) is 3.37. The highest BCUT2D eigenvalue weighted by Gasteiger charge is 2.32. The van der Waals surface area contributed by atoms with Crippen molar-refractivity contribution in [2.24, 2.45) is 0 Å². The molecule has 8 heteroatoms. The van der Waals surface area contributed by atoms with Crippen LogP contribution in [0.1, 0.15) is 6.42 Å². The van der Waals surface area contributed by atoms with Crippen molar-refractivity contribution in [2.75, 3.05) is 11.7 Å². The summed E-state index contributed by atoms with van der Waals surface area (Å²) >= 11 is 0. The fraction of sp³-hybridized carbons (Fsp3) is 0.667. The predicted molar refractivity (Wildman–Crippen MR) is 48.3 cm³/mol. The molecule has 82 valence electrons. The minimum Gasteiger partial charge on any atom is -0.266 e. The monoisotopic (exact) mass is 242 g/mol. The maximum absolute atomic E-state index is 11.1. The van der Waals surface area contributed by atoms with Gasteiger partial charge in [0.05, 0.1) is 6.61 Å². The number of hydrogen-bond donors (Lipinski definition) is 0. The lowest BCUT2D eigenvalue weighted by atomic mass is 10.3. The van der Waals surface area contributed by atoms with Crippen molar-refractivity contribution in [3.05, 3.63) is 12.7 Å². The van der Waals surface area contributed by atoms with Gasteiger partial charge < -0.3 is 0 Å². The van der Waals surface area contributed by atoms with Crippen molar-refractivity contribution in [1.29, 1.82) is 0 Å². The smallest absolute Gasteiger partial charge is 0.266 e. The Morgan fingerprint density at radius 2 is 1.93 bits per heavy atom. The summed E-state index contributed by atoms with van der Waals surface area (Å²) in [6.45, 7) is 3.09. The molecule has 0 spiro atoms. The summed E-state index contributed by atoms with van der Waals surface area (Å²) in [5, 5.41) is -1.13. The van der Waals surface area contributed by atoms with Gasteiger partial charge >= 0.3 is 0 Å². The van der Waals surface area contributed by atoms with Crippen molar-refractivity contribution in [3.63, 3.8) is 0 Å². The van der Waals surface area contributed by atoms with E-state index < -0.39 is 31.4 Å². The highest BCUT2D eigenvalue weighted by atomic mass is 32.3. The molecule has 1 aliphatic heterocycles. The van der Waals surface area contributed by atoms with Crippen LogP contribution in [-0.2, 0) is 28.6 Å². The van der Waals surface area contributed by atoms with Crippen molar-refractivity contribution in [1.82, 2.24) is 0 Å². The highest BCUT2D eigenvalue weighted by Crippen LogP contribution is 2.14. The van der Waals surface area contributed by atoms with Gasteiger partial charge in [0.1, 0.15) is 6.10 Å². The molecule has 1 rings (SSSR count). The first-order valence-corrected chi connectivity index (χ1v) is 6.89. The number of hydrogen-bond acceptors (Lipinski definition) is 6. The summed E-state index contributed by atoms with van der Waals surface area (Å²) in [6.07, 6.45) is 0.839. The lowest BCUT2D eigenvalue weighted by Gasteiger charge is -2.08. The lowest BCUT2D eigenvalue weighted by Crippen LogP contribution is -2.19. The molecule has 1 fully saturated rings. The van der Waals surface area contributed by atoms with Crippen LogP contribution in [0.4, 0.5) is 0 Å². The number of rotatable bonds is 2. The summed E-state index contributed by atoms with van der Waals surface area (Å²) in [7, 11) is -8.08. The maximum atomic E-state index is 11.1. The zero-order chi connectivity index (χ0) is 10.8.